The number of pyridine rings is 2. The van der Waals surface area contributed by atoms with Crippen LogP contribution in [-0.2, 0) is 0 Å². The van der Waals surface area contributed by atoms with E-state index >= 15 is 0 Å². The Balaban J connectivity index is 1.79. The van der Waals surface area contributed by atoms with Crippen LogP contribution in [0.15, 0.2) is 53.9 Å². The SMILES string of the molecule is CC[C@H]1CSC2=N[C@H](c3ccccn3)[C@@H](c3ccncc3)N21. The van der Waals surface area contributed by atoms with Crippen molar-refractivity contribution in [2.24, 2.45) is 4.99 Å². The van der Waals surface area contributed by atoms with Crippen LogP contribution in [0.25, 0.3) is 0 Å². The molecule has 2 aliphatic heterocycles. The summed E-state index contributed by atoms with van der Waals surface area (Å²) in [5, 5.41) is 1.17. The van der Waals surface area contributed by atoms with Gasteiger partial charge in [-0.3, -0.25) is 15.0 Å². The maximum absolute atomic E-state index is 5.00. The Hall–Kier alpha value is -1.88. The van der Waals surface area contributed by atoms with Gasteiger partial charge in [0.25, 0.3) is 0 Å². The van der Waals surface area contributed by atoms with Crippen molar-refractivity contribution in [3.63, 3.8) is 0 Å². The lowest BCUT2D eigenvalue weighted by molar-refractivity contribution is 0.255. The van der Waals surface area contributed by atoms with E-state index in [4.69, 9.17) is 4.99 Å². The van der Waals surface area contributed by atoms with Gasteiger partial charge in [0.2, 0.25) is 0 Å². The third kappa shape index (κ3) is 2.20. The molecule has 4 nitrogen and oxygen atoms in total. The number of nitrogens with zero attached hydrogens (tertiary/aromatic N) is 4. The number of hydrogen-bond acceptors (Lipinski definition) is 5. The maximum atomic E-state index is 5.00. The quantitative estimate of drug-likeness (QED) is 0.870. The molecule has 0 radical (unpaired) electrons. The van der Waals surface area contributed by atoms with Crippen LogP contribution in [0.2, 0.25) is 0 Å². The Morgan fingerprint density at radius 3 is 2.77 bits per heavy atom. The summed E-state index contributed by atoms with van der Waals surface area (Å²) in [5.74, 6) is 1.13. The molecule has 0 saturated carbocycles. The van der Waals surface area contributed by atoms with Crippen LogP contribution in [-0.4, -0.2) is 31.8 Å². The Morgan fingerprint density at radius 1 is 1.18 bits per heavy atom. The Bertz CT molecular complexity index is 674. The first-order valence-electron chi connectivity index (χ1n) is 7.68. The number of thioether (sulfide) groups is 1. The summed E-state index contributed by atoms with van der Waals surface area (Å²) in [6.45, 7) is 2.26. The fourth-order valence-electron chi connectivity index (χ4n) is 3.27. The second-order valence-electron chi connectivity index (χ2n) is 5.62. The Kier molecular flexibility index (Phi) is 3.58. The zero-order chi connectivity index (χ0) is 14.9. The number of amidine groups is 1. The molecule has 0 aromatic carbocycles. The highest BCUT2D eigenvalue weighted by atomic mass is 32.2. The molecular weight excluding hydrogens is 292 g/mol. The topological polar surface area (TPSA) is 41.4 Å². The van der Waals surface area contributed by atoms with Gasteiger partial charge in [0, 0.05) is 30.4 Å². The third-order valence-electron chi connectivity index (χ3n) is 4.38. The molecule has 22 heavy (non-hydrogen) atoms. The Morgan fingerprint density at radius 2 is 2.05 bits per heavy atom. The summed E-state index contributed by atoms with van der Waals surface area (Å²) in [4.78, 5) is 16.2. The van der Waals surface area contributed by atoms with Crippen LogP contribution < -0.4 is 0 Å². The molecule has 1 saturated heterocycles. The molecule has 0 spiro atoms. The minimum Gasteiger partial charge on any atom is -0.338 e. The highest BCUT2D eigenvalue weighted by Gasteiger charge is 2.45. The number of aliphatic imine (C=N–C) groups is 1. The van der Waals surface area contributed by atoms with Crippen molar-refractivity contribution in [3.8, 4) is 0 Å². The summed E-state index contributed by atoms with van der Waals surface area (Å²) >= 11 is 1.88. The van der Waals surface area contributed by atoms with Gasteiger partial charge in [-0.1, -0.05) is 24.8 Å². The third-order valence-corrected chi connectivity index (χ3v) is 5.50. The molecule has 2 aromatic heterocycles. The van der Waals surface area contributed by atoms with Crippen molar-refractivity contribution in [2.45, 2.75) is 31.5 Å². The van der Waals surface area contributed by atoms with Crippen molar-refractivity contribution in [1.29, 1.82) is 0 Å². The zero-order valence-corrected chi connectivity index (χ0v) is 13.3. The summed E-state index contributed by atoms with van der Waals surface area (Å²) < 4.78 is 0. The molecule has 5 heteroatoms. The molecule has 0 amide bonds. The first-order chi connectivity index (χ1) is 10.9. The van der Waals surface area contributed by atoms with Gasteiger partial charge in [0.1, 0.15) is 6.04 Å². The van der Waals surface area contributed by atoms with E-state index in [1.807, 2.05) is 42.5 Å². The molecule has 2 aromatic rings. The normalized spacial score (nSPS) is 26.9. The van der Waals surface area contributed by atoms with Crippen LogP contribution in [0.1, 0.15) is 36.7 Å². The van der Waals surface area contributed by atoms with Crippen molar-refractivity contribution in [2.75, 3.05) is 5.75 Å². The maximum Gasteiger partial charge on any atom is 0.160 e. The lowest BCUT2D eigenvalue weighted by Crippen LogP contribution is -2.35. The second kappa shape index (κ2) is 5.72. The van der Waals surface area contributed by atoms with E-state index in [1.54, 1.807) is 0 Å². The van der Waals surface area contributed by atoms with Gasteiger partial charge in [-0.05, 0) is 36.2 Å². The van der Waals surface area contributed by atoms with Crippen molar-refractivity contribution >= 4 is 16.9 Å². The average Bonchev–Trinajstić information content (AvgIpc) is 3.15. The van der Waals surface area contributed by atoms with Gasteiger partial charge in [-0.25, -0.2) is 0 Å². The molecular formula is C17H18N4S. The van der Waals surface area contributed by atoms with Crippen molar-refractivity contribution in [3.05, 3.63) is 60.2 Å². The summed E-state index contributed by atoms with van der Waals surface area (Å²) in [7, 11) is 0. The fraction of sp³-hybridized carbons (Fsp3) is 0.353. The number of hydrogen-bond donors (Lipinski definition) is 0. The minimum atomic E-state index is 0.0699. The van der Waals surface area contributed by atoms with Gasteiger partial charge >= 0.3 is 0 Å². The largest absolute Gasteiger partial charge is 0.338 e. The summed E-state index contributed by atoms with van der Waals surface area (Å²) in [6.07, 6.45) is 6.73. The molecule has 112 valence electrons. The van der Waals surface area contributed by atoms with E-state index in [0.717, 1.165) is 17.9 Å². The molecule has 0 bridgehead atoms. The zero-order valence-electron chi connectivity index (χ0n) is 12.5. The van der Waals surface area contributed by atoms with Crippen LogP contribution >= 0.6 is 11.8 Å². The van der Waals surface area contributed by atoms with E-state index in [2.05, 4.69) is 40.0 Å². The van der Waals surface area contributed by atoms with Gasteiger partial charge in [0.15, 0.2) is 5.17 Å². The van der Waals surface area contributed by atoms with E-state index in [0.29, 0.717) is 6.04 Å². The molecule has 0 N–H and O–H groups in total. The monoisotopic (exact) mass is 310 g/mol. The predicted octanol–water partition coefficient (Wildman–Crippen LogP) is 3.46. The van der Waals surface area contributed by atoms with Crippen LogP contribution in [0.3, 0.4) is 0 Å². The Labute approximate surface area is 134 Å². The smallest absolute Gasteiger partial charge is 0.160 e. The van der Waals surface area contributed by atoms with Gasteiger partial charge in [0.05, 0.1) is 11.7 Å². The highest BCUT2D eigenvalue weighted by Crippen LogP contribution is 2.48. The molecule has 0 aliphatic carbocycles. The van der Waals surface area contributed by atoms with Crippen molar-refractivity contribution < 1.29 is 0 Å². The van der Waals surface area contributed by atoms with Gasteiger partial charge in [-0.15, -0.1) is 0 Å². The minimum absolute atomic E-state index is 0.0699. The standard InChI is InChI=1S/C17H18N4S/c1-2-13-11-22-17-20-15(14-5-3-4-8-19-14)16(21(13)17)12-6-9-18-10-7-12/h3-10,13,15-16H,2,11H2,1H3/t13-,15+,16+/m0/s1. The number of fused-ring (bicyclic) bond motifs is 1. The summed E-state index contributed by atoms with van der Waals surface area (Å²) in [5.41, 5.74) is 2.31. The van der Waals surface area contributed by atoms with Gasteiger partial charge in [-0.2, -0.15) is 0 Å². The molecule has 1 fully saturated rings. The van der Waals surface area contributed by atoms with Crippen LogP contribution in [0.4, 0.5) is 0 Å². The fourth-order valence-corrected chi connectivity index (χ4v) is 4.61. The first kappa shape index (κ1) is 13.8. The van der Waals surface area contributed by atoms with E-state index in [1.165, 1.54) is 10.7 Å². The molecule has 3 atom stereocenters. The van der Waals surface area contributed by atoms with E-state index in [9.17, 15) is 0 Å². The lowest BCUT2D eigenvalue weighted by Gasteiger charge is -2.31. The molecule has 0 unspecified atom stereocenters. The molecule has 2 aliphatic rings. The van der Waals surface area contributed by atoms with Crippen molar-refractivity contribution in [1.82, 2.24) is 14.9 Å². The average molecular weight is 310 g/mol. The van der Waals surface area contributed by atoms with E-state index < -0.39 is 0 Å². The molecule has 4 rings (SSSR count). The summed E-state index contributed by atoms with van der Waals surface area (Å²) in [6, 6.07) is 11.1. The lowest BCUT2D eigenvalue weighted by atomic mass is 9.96. The number of aromatic nitrogens is 2. The van der Waals surface area contributed by atoms with Crippen LogP contribution in [0.5, 0.6) is 0 Å². The van der Waals surface area contributed by atoms with Crippen LogP contribution in [0, 0.1) is 0 Å². The van der Waals surface area contributed by atoms with E-state index in [-0.39, 0.29) is 12.1 Å². The number of rotatable bonds is 3. The second-order valence-corrected chi connectivity index (χ2v) is 6.60. The first-order valence-corrected chi connectivity index (χ1v) is 8.67. The highest BCUT2D eigenvalue weighted by molar-refractivity contribution is 8.14. The molecule has 4 heterocycles. The predicted molar refractivity (Wildman–Crippen MR) is 89.8 cm³/mol. The van der Waals surface area contributed by atoms with Gasteiger partial charge < -0.3 is 4.90 Å².